The number of sulfonamides is 1. The topological polar surface area (TPSA) is 95.6 Å². The SMILES string of the molecule is C[C@H]1CCCCN1S(=O)(=O)c1cccc(C(=O)NNC(=O)c2ccccc2F)c1. The van der Waals surface area contributed by atoms with Gasteiger partial charge in [0, 0.05) is 18.2 Å². The highest BCUT2D eigenvalue weighted by Crippen LogP contribution is 2.25. The number of hydrogen-bond donors (Lipinski definition) is 2. The Kier molecular flexibility index (Phi) is 6.29. The molecule has 2 aromatic rings. The van der Waals surface area contributed by atoms with Crippen molar-refractivity contribution in [3.05, 3.63) is 65.5 Å². The van der Waals surface area contributed by atoms with Crippen LogP contribution in [0.4, 0.5) is 4.39 Å². The van der Waals surface area contributed by atoms with Crippen molar-refractivity contribution < 1.29 is 22.4 Å². The van der Waals surface area contributed by atoms with Gasteiger partial charge < -0.3 is 0 Å². The number of benzene rings is 2. The molecule has 1 atom stereocenters. The van der Waals surface area contributed by atoms with Gasteiger partial charge in [0.1, 0.15) is 5.82 Å². The summed E-state index contributed by atoms with van der Waals surface area (Å²) in [7, 11) is -3.73. The van der Waals surface area contributed by atoms with Crippen LogP contribution in [0.15, 0.2) is 53.4 Å². The Bertz CT molecular complexity index is 1030. The number of carbonyl (C=O) groups excluding carboxylic acids is 2. The molecule has 2 aromatic carbocycles. The fourth-order valence-corrected chi connectivity index (χ4v) is 5.01. The second-order valence-corrected chi connectivity index (χ2v) is 8.77. The van der Waals surface area contributed by atoms with E-state index < -0.39 is 27.7 Å². The number of halogens is 1. The summed E-state index contributed by atoms with van der Waals surface area (Å²) in [5.41, 5.74) is 4.15. The molecule has 0 aliphatic carbocycles. The highest BCUT2D eigenvalue weighted by Gasteiger charge is 2.31. The van der Waals surface area contributed by atoms with Gasteiger partial charge in [0.25, 0.3) is 11.8 Å². The quantitative estimate of drug-likeness (QED) is 0.745. The van der Waals surface area contributed by atoms with Crippen LogP contribution < -0.4 is 10.9 Å². The average Bonchev–Trinajstić information content (AvgIpc) is 2.72. The van der Waals surface area contributed by atoms with Crippen molar-refractivity contribution in [2.75, 3.05) is 6.54 Å². The minimum Gasteiger partial charge on any atom is -0.267 e. The standard InChI is InChI=1S/C20H22FN3O4S/c1-14-7-4-5-12-24(14)29(27,28)16-9-6-8-15(13-16)19(25)22-23-20(26)17-10-2-3-11-18(17)21/h2-3,6,8-11,13-14H,4-5,7,12H2,1H3,(H,22,25)(H,23,26)/t14-/m0/s1. The van der Waals surface area contributed by atoms with Crippen molar-refractivity contribution in [2.45, 2.75) is 37.1 Å². The van der Waals surface area contributed by atoms with E-state index in [0.717, 1.165) is 25.3 Å². The molecule has 1 aliphatic heterocycles. The summed E-state index contributed by atoms with van der Waals surface area (Å²) < 4.78 is 41.0. The number of nitrogens with one attached hydrogen (secondary N) is 2. The summed E-state index contributed by atoms with van der Waals surface area (Å²) in [6.07, 6.45) is 2.57. The molecule has 0 unspecified atom stereocenters. The molecule has 7 nitrogen and oxygen atoms in total. The van der Waals surface area contributed by atoms with Crippen LogP contribution in [-0.4, -0.2) is 37.1 Å². The van der Waals surface area contributed by atoms with Gasteiger partial charge in [0.15, 0.2) is 0 Å². The van der Waals surface area contributed by atoms with Crippen molar-refractivity contribution in [3.63, 3.8) is 0 Å². The molecular weight excluding hydrogens is 397 g/mol. The molecule has 0 spiro atoms. The number of piperidine rings is 1. The van der Waals surface area contributed by atoms with E-state index >= 15 is 0 Å². The molecule has 3 rings (SSSR count). The van der Waals surface area contributed by atoms with E-state index in [0.29, 0.717) is 6.54 Å². The van der Waals surface area contributed by atoms with E-state index in [-0.39, 0.29) is 22.1 Å². The van der Waals surface area contributed by atoms with Gasteiger partial charge in [-0.1, -0.05) is 24.6 Å². The molecule has 29 heavy (non-hydrogen) atoms. The summed E-state index contributed by atoms with van der Waals surface area (Å²) in [5, 5.41) is 0. The first-order chi connectivity index (χ1) is 13.8. The normalized spacial score (nSPS) is 17.5. The van der Waals surface area contributed by atoms with E-state index in [4.69, 9.17) is 0 Å². The van der Waals surface area contributed by atoms with E-state index in [2.05, 4.69) is 10.9 Å². The summed E-state index contributed by atoms with van der Waals surface area (Å²) in [4.78, 5) is 24.4. The highest BCUT2D eigenvalue weighted by molar-refractivity contribution is 7.89. The Labute approximate surface area is 168 Å². The second-order valence-electron chi connectivity index (χ2n) is 6.88. The van der Waals surface area contributed by atoms with Gasteiger partial charge in [-0.15, -0.1) is 0 Å². The largest absolute Gasteiger partial charge is 0.272 e. The number of hydrazine groups is 1. The number of nitrogens with zero attached hydrogens (tertiary/aromatic N) is 1. The van der Waals surface area contributed by atoms with Gasteiger partial charge in [-0.05, 0) is 50.1 Å². The Hall–Kier alpha value is -2.78. The summed E-state index contributed by atoms with van der Waals surface area (Å²) >= 11 is 0. The van der Waals surface area contributed by atoms with E-state index in [9.17, 15) is 22.4 Å². The van der Waals surface area contributed by atoms with E-state index in [1.54, 1.807) is 0 Å². The lowest BCUT2D eigenvalue weighted by molar-refractivity contribution is 0.0844. The predicted octanol–water partition coefficient (Wildman–Crippen LogP) is 2.46. The van der Waals surface area contributed by atoms with Crippen molar-refractivity contribution >= 4 is 21.8 Å². The monoisotopic (exact) mass is 419 g/mol. The van der Waals surface area contributed by atoms with E-state index in [1.807, 2.05) is 6.92 Å². The van der Waals surface area contributed by atoms with Crippen LogP contribution in [0.2, 0.25) is 0 Å². The maximum absolute atomic E-state index is 13.6. The minimum absolute atomic E-state index is 0.0133. The van der Waals surface area contributed by atoms with Gasteiger partial charge in [0.2, 0.25) is 10.0 Å². The Morgan fingerprint density at radius 2 is 1.76 bits per heavy atom. The third kappa shape index (κ3) is 4.63. The smallest absolute Gasteiger partial charge is 0.267 e. The first-order valence-electron chi connectivity index (χ1n) is 9.28. The van der Waals surface area contributed by atoms with Crippen LogP contribution in [0, 0.1) is 5.82 Å². The number of carbonyl (C=O) groups is 2. The fourth-order valence-electron chi connectivity index (χ4n) is 3.26. The lowest BCUT2D eigenvalue weighted by atomic mass is 10.1. The lowest BCUT2D eigenvalue weighted by Gasteiger charge is -2.32. The maximum Gasteiger partial charge on any atom is 0.272 e. The van der Waals surface area contributed by atoms with Gasteiger partial charge >= 0.3 is 0 Å². The zero-order chi connectivity index (χ0) is 21.0. The molecule has 2 amide bonds. The van der Waals surface area contributed by atoms with Gasteiger partial charge in [-0.3, -0.25) is 20.4 Å². The maximum atomic E-state index is 13.6. The van der Waals surface area contributed by atoms with Gasteiger partial charge in [-0.2, -0.15) is 4.31 Å². The van der Waals surface area contributed by atoms with Gasteiger partial charge in [-0.25, -0.2) is 12.8 Å². The number of amides is 2. The molecule has 0 radical (unpaired) electrons. The molecule has 1 saturated heterocycles. The second kappa shape index (κ2) is 8.71. The number of hydrogen-bond acceptors (Lipinski definition) is 4. The van der Waals surface area contributed by atoms with E-state index in [1.165, 1.54) is 46.8 Å². The van der Waals surface area contributed by atoms with Crippen LogP contribution in [0.5, 0.6) is 0 Å². The molecule has 1 fully saturated rings. The average molecular weight is 419 g/mol. The van der Waals surface area contributed by atoms with Crippen molar-refractivity contribution in [3.8, 4) is 0 Å². The summed E-state index contributed by atoms with van der Waals surface area (Å²) in [5.74, 6) is -2.25. The molecule has 0 saturated carbocycles. The zero-order valence-corrected chi connectivity index (χ0v) is 16.7. The fraction of sp³-hybridized carbons (Fsp3) is 0.300. The molecule has 154 valence electrons. The van der Waals surface area contributed by atoms with Crippen molar-refractivity contribution in [1.29, 1.82) is 0 Å². The predicted molar refractivity (Wildman–Crippen MR) is 105 cm³/mol. The van der Waals surface area contributed by atoms with Crippen molar-refractivity contribution in [2.24, 2.45) is 0 Å². The molecule has 9 heteroatoms. The lowest BCUT2D eigenvalue weighted by Crippen LogP contribution is -2.42. The van der Waals surface area contributed by atoms with Gasteiger partial charge in [0.05, 0.1) is 10.5 Å². The van der Waals surface area contributed by atoms with Crippen molar-refractivity contribution in [1.82, 2.24) is 15.2 Å². The molecule has 0 bridgehead atoms. The highest BCUT2D eigenvalue weighted by atomic mass is 32.2. The van der Waals surface area contributed by atoms with Crippen LogP contribution in [-0.2, 0) is 10.0 Å². The minimum atomic E-state index is -3.73. The number of rotatable bonds is 4. The molecular formula is C20H22FN3O4S. The van der Waals surface area contributed by atoms with Crippen LogP contribution in [0.1, 0.15) is 46.9 Å². The third-order valence-electron chi connectivity index (χ3n) is 4.85. The first kappa shape index (κ1) is 20.9. The zero-order valence-electron chi connectivity index (χ0n) is 15.9. The molecule has 1 heterocycles. The van der Waals surface area contributed by atoms with Crippen LogP contribution in [0.3, 0.4) is 0 Å². The Morgan fingerprint density at radius 1 is 1.03 bits per heavy atom. The molecule has 0 aromatic heterocycles. The summed E-state index contributed by atoms with van der Waals surface area (Å²) in [6, 6.07) is 10.9. The first-order valence-corrected chi connectivity index (χ1v) is 10.7. The third-order valence-corrected chi connectivity index (χ3v) is 6.86. The molecule has 2 N–H and O–H groups in total. The van der Waals surface area contributed by atoms with Crippen LogP contribution in [0.25, 0.3) is 0 Å². The Balaban J connectivity index is 1.72. The summed E-state index contributed by atoms with van der Waals surface area (Å²) in [6.45, 7) is 2.31. The Morgan fingerprint density at radius 3 is 2.48 bits per heavy atom. The molecule has 1 aliphatic rings. The van der Waals surface area contributed by atoms with Crippen LogP contribution >= 0.6 is 0 Å².